The molecule has 0 heterocycles. The second kappa shape index (κ2) is 16.9. The summed E-state index contributed by atoms with van der Waals surface area (Å²) in [7, 11) is -3.89. The van der Waals surface area contributed by atoms with Crippen LogP contribution in [0.1, 0.15) is 83.4 Å². The van der Waals surface area contributed by atoms with Gasteiger partial charge in [0.2, 0.25) is 13.3 Å². The molecule has 9 heteroatoms. The molecule has 3 aromatic carbocycles. The van der Waals surface area contributed by atoms with Crippen LogP contribution in [-0.2, 0) is 15.8 Å². The molecule has 44 heavy (non-hydrogen) atoms. The highest BCUT2D eigenvalue weighted by atomic mass is 31.2. The van der Waals surface area contributed by atoms with E-state index in [2.05, 4.69) is 10.6 Å². The van der Waals surface area contributed by atoms with E-state index in [9.17, 15) is 23.8 Å². The minimum Gasteiger partial charge on any atom is -0.343 e. The molecule has 8 nitrogen and oxygen atoms in total. The van der Waals surface area contributed by atoms with Gasteiger partial charge in [-0.25, -0.2) is 0 Å². The molecule has 0 spiro atoms. The van der Waals surface area contributed by atoms with Gasteiger partial charge in [0.25, 0.3) is 11.8 Å². The molecule has 2 unspecified atom stereocenters. The predicted octanol–water partition coefficient (Wildman–Crippen LogP) is 6.94. The van der Waals surface area contributed by atoms with Crippen LogP contribution >= 0.6 is 7.37 Å². The minimum atomic E-state index is -3.89. The van der Waals surface area contributed by atoms with Gasteiger partial charge in [-0.05, 0) is 80.5 Å². The second-order valence-corrected chi connectivity index (χ2v) is 13.9. The van der Waals surface area contributed by atoms with Crippen LogP contribution in [0, 0.1) is 13.8 Å². The van der Waals surface area contributed by atoms with E-state index < -0.39 is 19.1 Å². The lowest BCUT2D eigenvalue weighted by Gasteiger charge is -2.25. The van der Waals surface area contributed by atoms with Crippen LogP contribution in [0.5, 0.6) is 0 Å². The number of nitrogens with one attached hydrogen (secondary N) is 2. The zero-order valence-corrected chi connectivity index (χ0v) is 27.2. The zero-order chi connectivity index (χ0) is 32.1. The Kier molecular flexibility index (Phi) is 13.4. The summed E-state index contributed by atoms with van der Waals surface area (Å²) in [6, 6.07) is 21.5. The van der Waals surface area contributed by atoms with Gasteiger partial charge < -0.3 is 20.4 Å². The Hall–Kier alpha value is -3.74. The molecule has 0 bridgehead atoms. The summed E-state index contributed by atoms with van der Waals surface area (Å²) in [6.45, 7) is 9.23. The number of aryl methyl sites for hydroxylation is 1. The number of unbranched alkanes of at least 4 members (excludes halogenated alkanes) is 1. The highest BCUT2D eigenvalue weighted by Gasteiger charge is 2.32. The van der Waals surface area contributed by atoms with Crippen LogP contribution in [0.3, 0.4) is 0 Å². The minimum absolute atomic E-state index is 0.0386. The molecule has 3 rings (SSSR count). The maximum atomic E-state index is 13.7. The smallest absolute Gasteiger partial charge is 0.253 e. The molecular weight excluding hydrogens is 573 g/mol. The maximum absolute atomic E-state index is 13.7. The van der Waals surface area contributed by atoms with Gasteiger partial charge in [-0.3, -0.25) is 18.9 Å². The first-order valence-corrected chi connectivity index (χ1v) is 17.4. The Labute approximate surface area is 261 Å². The number of amides is 3. The summed E-state index contributed by atoms with van der Waals surface area (Å²) in [6.07, 6.45) is 2.80. The van der Waals surface area contributed by atoms with E-state index in [-0.39, 0.29) is 36.4 Å². The van der Waals surface area contributed by atoms with E-state index in [0.29, 0.717) is 31.5 Å². The van der Waals surface area contributed by atoms with Crippen molar-refractivity contribution in [3.05, 3.63) is 101 Å². The Morgan fingerprint density at radius 2 is 1.52 bits per heavy atom. The molecule has 0 aliphatic carbocycles. The Bertz CT molecular complexity index is 1450. The Morgan fingerprint density at radius 3 is 2.20 bits per heavy atom. The van der Waals surface area contributed by atoms with Crippen LogP contribution in [0.2, 0.25) is 0 Å². The van der Waals surface area contributed by atoms with E-state index in [1.165, 1.54) is 0 Å². The first-order chi connectivity index (χ1) is 21.1. The van der Waals surface area contributed by atoms with Crippen molar-refractivity contribution in [1.82, 2.24) is 10.2 Å². The molecule has 0 aliphatic heterocycles. The average molecular weight is 620 g/mol. The van der Waals surface area contributed by atoms with Gasteiger partial charge in [0.05, 0.1) is 0 Å². The lowest BCUT2D eigenvalue weighted by molar-refractivity contribution is -0.116. The van der Waals surface area contributed by atoms with Gasteiger partial charge in [-0.1, -0.05) is 62.4 Å². The highest BCUT2D eigenvalue weighted by molar-refractivity contribution is 7.58. The van der Waals surface area contributed by atoms with E-state index in [4.69, 9.17) is 0 Å². The van der Waals surface area contributed by atoms with E-state index >= 15 is 0 Å². The van der Waals surface area contributed by atoms with Crippen LogP contribution in [0.4, 0.5) is 5.69 Å². The van der Waals surface area contributed by atoms with Crippen molar-refractivity contribution in [2.75, 3.05) is 24.6 Å². The Morgan fingerprint density at radius 1 is 0.864 bits per heavy atom. The van der Waals surface area contributed by atoms with E-state index in [1.807, 2.05) is 76.2 Å². The second-order valence-electron chi connectivity index (χ2n) is 11.3. The van der Waals surface area contributed by atoms with Gasteiger partial charge >= 0.3 is 0 Å². The van der Waals surface area contributed by atoms with Gasteiger partial charge in [0.1, 0.15) is 5.78 Å². The van der Waals surface area contributed by atoms with Crippen molar-refractivity contribution in [2.45, 2.75) is 72.0 Å². The molecule has 0 saturated carbocycles. The van der Waals surface area contributed by atoms with Crippen molar-refractivity contribution >= 4 is 30.8 Å². The molecule has 0 radical (unpaired) electrons. The third kappa shape index (κ3) is 10.2. The molecule has 2 atom stereocenters. The van der Waals surface area contributed by atoms with E-state index in [0.717, 1.165) is 35.2 Å². The SMILES string of the molecule is CCCN(CCC)C(=O)c1cccc(C(=O)NC(Cc2ccccc2)P(=O)(O)CCCCC(=O)Nc2cccc(C)c2C)c1. The summed E-state index contributed by atoms with van der Waals surface area (Å²) in [5.41, 5.74) is 4.34. The highest BCUT2D eigenvalue weighted by Crippen LogP contribution is 2.47. The third-order valence-electron chi connectivity index (χ3n) is 7.71. The normalized spacial score (nSPS) is 13.0. The quantitative estimate of drug-likeness (QED) is 0.119. The van der Waals surface area contributed by atoms with Crippen molar-refractivity contribution < 1.29 is 23.8 Å². The number of hydrogen-bond donors (Lipinski definition) is 3. The lowest BCUT2D eigenvalue weighted by atomic mass is 10.1. The molecule has 236 valence electrons. The standard InChI is InChI=1S/C35H46N3O5P/c1-5-21-38(22-6-2)35(41)30-18-13-17-29(25-30)34(40)37-33(24-28-15-8-7-9-16-28)44(42,43)23-11-10-20-32(39)36-31-19-12-14-26(3)27(31)4/h7-9,12-19,25,33H,5-6,10-11,20-24H2,1-4H3,(H,36,39)(H,37,40)(H,42,43). The summed E-state index contributed by atoms with van der Waals surface area (Å²) in [5, 5.41) is 5.73. The Balaban J connectivity index is 1.68. The number of benzene rings is 3. The first-order valence-electron chi connectivity index (χ1n) is 15.5. The van der Waals surface area contributed by atoms with Crippen LogP contribution in [-0.4, -0.2) is 52.5 Å². The molecule has 0 saturated heterocycles. The summed E-state index contributed by atoms with van der Waals surface area (Å²) in [4.78, 5) is 52.1. The van der Waals surface area contributed by atoms with Gasteiger partial charge in [-0.15, -0.1) is 0 Å². The summed E-state index contributed by atoms with van der Waals surface area (Å²) < 4.78 is 13.7. The summed E-state index contributed by atoms with van der Waals surface area (Å²) in [5.74, 6) is -1.83. The third-order valence-corrected chi connectivity index (χ3v) is 9.96. The number of hydrogen-bond acceptors (Lipinski definition) is 4. The molecule has 3 N–H and O–H groups in total. The fourth-order valence-electron chi connectivity index (χ4n) is 5.08. The van der Waals surface area contributed by atoms with Gasteiger partial charge in [-0.2, -0.15) is 0 Å². The topological polar surface area (TPSA) is 116 Å². The first kappa shape index (κ1) is 34.7. The van der Waals surface area contributed by atoms with Crippen molar-refractivity contribution in [3.8, 4) is 0 Å². The maximum Gasteiger partial charge on any atom is 0.253 e. The zero-order valence-electron chi connectivity index (χ0n) is 26.3. The molecular formula is C35H46N3O5P. The molecule has 3 aromatic rings. The molecule has 0 aliphatic rings. The number of nitrogens with zero attached hydrogens (tertiary/aromatic N) is 1. The fourth-order valence-corrected chi connectivity index (χ4v) is 6.88. The summed E-state index contributed by atoms with van der Waals surface area (Å²) >= 11 is 0. The fraction of sp³-hybridized carbons (Fsp3) is 0.400. The number of anilines is 1. The van der Waals surface area contributed by atoms with Gasteiger partial charge in [0, 0.05) is 48.9 Å². The number of carbonyl (C=O) groups is 3. The van der Waals surface area contributed by atoms with E-state index in [1.54, 1.807) is 29.2 Å². The van der Waals surface area contributed by atoms with Crippen molar-refractivity contribution in [2.24, 2.45) is 0 Å². The molecule has 0 fully saturated rings. The van der Waals surface area contributed by atoms with Crippen LogP contribution < -0.4 is 10.6 Å². The number of carbonyl (C=O) groups excluding carboxylic acids is 3. The largest absolute Gasteiger partial charge is 0.343 e. The lowest BCUT2D eigenvalue weighted by Crippen LogP contribution is -2.37. The van der Waals surface area contributed by atoms with Crippen LogP contribution in [0.15, 0.2) is 72.8 Å². The molecule has 3 amide bonds. The molecule has 0 aromatic heterocycles. The van der Waals surface area contributed by atoms with Crippen molar-refractivity contribution in [3.63, 3.8) is 0 Å². The van der Waals surface area contributed by atoms with Crippen molar-refractivity contribution in [1.29, 1.82) is 0 Å². The van der Waals surface area contributed by atoms with Crippen LogP contribution in [0.25, 0.3) is 0 Å². The van der Waals surface area contributed by atoms with Gasteiger partial charge in [0.15, 0.2) is 0 Å². The predicted molar refractivity (Wildman–Crippen MR) is 177 cm³/mol. The monoisotopic (exact) mass is 619 g/mol. The average Bonchev–Trinajstić information content (AvgIpc) is 3.01. The number of rotatable bonds is 16.